The Morgan fingerprint density at radius 2 is 1.74 bits per heavy atom. The molecule has 5 nitrogen and oxygen atoms in total. The van der Waals surface area contributed by atoms with E-state index >= 15 is 0 Å². The van der Waals surface area contributed by atoms with Crippen molar-refractivity contribution in [3.8, 4) is 11.5 Å². The Bertz CT molecular complexity index is 651. The highest BCUT2D eigenvalue weighted by Crippen LogP contribution is 2.34. The molecule has 0 saturated heterocycles. The van der Waals surface area contributed by atoms with E-state index in [4.69, 9.17) is 9.47 Å². The van der Waals surface area contributed by atoms with Crippen molar-refractivity contribution >= 4 is 6.03 Å². The summed E-state index contributed by atoms with van der Waals surface area (Å²) in [5.41, 5.74) is 2.15. The lowest BCUT2D eigenvalue weighted by molar-refractivity contribution is 0.171. The zero-order valence-electron chi connectivity index (χ0n) is 17.2. The van der Waals surface area contributed by atoms with Crippen molar-refractivity contribution in [2.45, 2.75) is 70.9 Å². The molecule has 2 amide bonds. The van der Waals surface area contributed by atoms with Crippen LogP contribution in [0.25, 0.3) is 0 Å². The van der Waals surface area contributed by atoms with Gasteiger partial charge in [-0.25, -0.2) is 4.79 Å². The first-order valence-electron chi connectivity index (χ1n) is 10.3. The molecular weight excluding hydrogens is 340 g/mol. The van der Waals surface area contributed by atoms with Gasteiger partial charge in [0.15, 0.2) is 11.5 Å². The molecule has 3 rings (SSSR count). The largest absolute Gasteiger partial charge is 0.493 e. The van der Waals surface area contributed by atoms with E-state index in [1.807, 2.05) is 26.0 Å². The molecule has 2 aliphatic rings. The molecule has 0 bridgehead atoms. The third kappa shape index (κ3) is 4.88. The van der Waals surface area contributed by atoms with Gasteiger partial charge < -0.3 is 19.7 Å². The zero-order chi connectivity index (χ0) is 19.4. The van der Waals surface area contributed by atoms with Crippen LogP contribution in [0.1, 0.15) is 69.0 Å². The Morgan fingerprint density at radius 1 is 1.11 bits per heavy atom. The number of hydrogen-bond acceptors (Lipinski definition) is 3. The summed E-state index contributed by atoms with van der Waals surface area (Å²) >= 11 is 0. The number of aryl methyl sites for hydroxylation is 1. The first kappa shape index (κ1) is 19.8. The second-order valence-electron chi connectivity index (χ2n) is 8.12. The predicted octanol–water partition coefficient (Wildman–Crippen LogP) is 4.83. The lowest BCUT2D eigenvalue weighted by Crippen LogP contribution is -2.45. The summed E-state index contributed by atoms with van der Waals surface area (Å²) in [5, 5.41) is 3.23. The third-order valence-corrected chi connectivity index (χ3v) is 6.01. The van der Waals surface area contributed by atoms with Gasteiger partial charge in [0.25, 0.3) is 0 Å². The van der Waals surface area contributed by atoms with Crippen LogP contribution in [0.2, 0.25) is 0 Å². The van der Waals surface area contributed by atoms with Gasteiger partial charge in [-0.1, -0.05) is 19.3 Å². The van der Waals surface area contributed by atoms with Crippen molar-refractivity contribution in [2.24, 2.45) is 5.92 Å². The van der Waals surface area contributed by atoms with Gasteiger partial charge in [-0.3, -0.25) is 0 Å². The average molecular weight is 375 g/mol. The SMILES string of the molecule is COc1cc(C)c(C(C)NC(=O)N(CC2CCCCC2)C2CC2)cc1OC. The molecule has 0 heterocycles. The van der Waals surface area contributed by atoms with E-state index in [1.165, 1.54) is 32.1 Å². The predicted molar refractivity (Wildman–Crippen MR) is 108 cm³/mol. The van der Waals surface area contributed by atoms with Crippen molar-refractivity contribution < 1.29 is 14.3 Å². The maximum atomic E-state index is 13.0. The normalized spacial score (nSPS) is 18.7. The molecule has 5 heteroatoms. The van der Waals surface area contributed by atoms with Crippen LogP contribution in [0.5, 0.6) is 11.5 Å². The maximum Gasteiger partial charge on any atom is 0.318 e. The summed E-state index contributed by atoms with van der Waals surface area (Å²) in [6.45, 7) is 4.99. The van der Waals surface area contributed by atoms with Gasteiger partial charge in [-0.2, -0.15) is 0 Å². The molecule has 1 unspecified atom stereocenters. The van der Waals surface area contributed by atoms with Crippen molar-refractivity contribution in [2.75, 3.05) is 20.8 Å². The second-order valence-corrected chi connectivity index (χ2v) is 8.12. The van der Waals surface area contributed by atoms with Crippen LogP contribution in [-0.2, 0) is 0 Å². The number of hydrogen-bond donors (Lipinski definition) is 1. The Hall–Kier alpha value is -1.91. The summed E-state index contributed by atoms with van der Waals surface area (Å²) < 4.78 is 10.8. The number of carbonyl (C=O) groups is 1. The highest BCUT2D eigenvalue weighted by atomic mass is 16.5. The maximum absolute atomic E-state index is 13.0. The van der Waals surface area contributed by atoms with Crippen LogP contribution < -0.4 is 14.8 Å². The zero-order valence-corrected chi connectivity index (χ0v) is 17.2. The lowest BCUT2D eigenvalue weighted by Gasteiger charge is -2.31. The summed E-state index contributed by atoms with van der Waals surface area (Å²) in [6, 6.07) is 4.37. The van der Waals surface area contributed by atoms with Crippen LogP contribution in [0.4, 0.5) is 4.79 Å². The van der Waals surface area contributed by atoms with Gasteiger partial charge >= 0.3 is 6.03 Å². The molecule has 1 aromatic carbocycles. The Kier molecular flexibility index (Phi) is 6.51. The molecule has 1 aromatic rings. The Morgan fingerprint density at radius 3 is 2.33 bits per heavy atom. The van der Waals surface area contributed by atoms with Crippen molar-refractivity contribution in [3.63, 3.8) is 0 Å². The number of rotatable bonds is 7. The molecule has 150 valence electrons. The highest BCUT2D eigenvalue weighted by molar-refractivity contribution is 5.75. The fraction of sp³-hybridized carbons (Fsp3) is 0.682. The van der Waals surface area contributed by atoms with Crippen molar-refractivity contribution in [1.82, 2.24) is 10.2 Å². The molecular formula is C22H34N2O3. The number of urea groups is 1. The molecule has 1 N–H and O–H groups in total. The summed E-state index contributed by atoms with van der Waals surface area (Å²) in [4.78, 5) is 15.1. The number of carbonyl (C=O) groups excluding carboxylic acids is 1. The van der Waals surface area contributed by atoms with Gasteiger partial charge in [-0.05, 0) is 68.7 Å². The minimum atomic E-state index is -0.0788. The fourth-order valence-corrected chi connectivity index (χ4v) is 4.24. The van der Waals surface area contributed by atoms with E-state index in [1.54, 1.807) is 14.2 Å². The van der Waals surface area contributed by atoms with Crippen LogP contribution in [-0.4, -0.2) is 37.7 Å². The van der Waals surface area contributed by atoms with Gasteiger partial charge in [-0.15, -0.1) is 0 Å². The van der Waals surface area contributed by atoms with Gasteiger partial charge in [0, 0.05) is 12.6 Å². The minimum Gasteiger partial charge on any atom is -0.493 e. The summed E-state index contributed by atoms with van der Waals surface area (Å²) in [6.07, 6.45) is 8.79. The monoisotopic (exact) mass is 374 g/mol. The molecule has 0 aliphatic heterocycles. The quantitative estimate of drug-likeness (QED) is 0.744. The third-order valence-electron chi connectivity index (χ3n) is 6.01. The standard InChI is InChI=1S/C22H34N2O3/c1-15-12-20(26-3)21(27-4)13-19(15)16(2)23-22(25)24(18-10-11-18)14-17-8-6-5-7-9-17/h12-13,16-18H,5-11,14H2,1-4H3,(H,23,25). The van der Waals surface area contributed by atoms with E-state index in [0.717, 1.165) is 30.5 Å². The first-order valence-corrected chi connectivity index (χ1v) is 10.3. The van der Waals surface area contributed by atoms with Gasteiger partial charge in [0.05, 0.1) is 20.3 Å². The number of nitrogens with one attached hydrogen (secondary N) is 1. The molecule has 1 atom stereocenters. The van der Waals surface area contributed by atoms with Gasteiger partial charge in [0.2, 0.25) is 0 Å². The first-order chi connectivity index (χ1) is 13.0. The molecule has 2 aliphatic carbocycles. The molecule has 2 saturated carbocycles. The van der Waals surface area contributed by atoms with E-state index in [0.29, 0.717) is 23.5 Å². The number of benzene rings is 1. The number of methoxy groups -OCH3 is 2. The molecule has 0 spiro atoms. The number of amides is 2. The minimum absolute atomic E-state index is 0.0739. The summed E-state index contributed by atoms with van der Waals surface area (Å²) in [5.74, 6) is 2.08. The Labute approximate surface area is 163 Å². The molecule has 27 heavy (non-hydrogen) atoms. The van der Waals surface area contributed by atoms with E-state index in [9.17, 15) is 4.79 Å². The molecule has 2 fully saturated rings. The fourth-order valence-electron chi connectivity index (χ4n) is 4.24. The molecule has 0 radical (unpaired) electrons. The van der Waals surface area contributed by atoms with Crippen molar-refractivity contribution in [1.29, 1.82) is 0 Å². The van der Waals surface area contributed by atoms with E-state index in [-0.39, 0.29) is 12.1 Å². The summed E-state index contributed by atoms with van der Waals surface area (Å²) in [7, 11) is 3.28. The number of nitrogens with zero attached hydrogens (tertiary/aromatic N) is 1. The van der Waals surface area contributed by atoms with Crippen LogP contribution in [0.3, 0.4) is 0 Å². The highest BCUT2D eigenvalue weighted by Gasteiger charge is 2.35. The van der Waals surface area contributed by atoms with E-state index < -0.39 is 0 Å². The van der Waals surface area contributed by atoms with Crippen LogP contribution >= 0.6 is 0 Å². The second kappa shape index (κ2) is 8.85. The van der Waals surface area contributed by atoms with Crippen molar-refractivity contribution in [3.05, 3.63) is 23.3 Å². The smallest absolute Gasteiger partial charge is 0.318 e. The van der Waals surface area contributed by atoms with E-state index in [2.05, 4.69) is 10.2 Å². The van der Waals surface area contributed by atoms with Crippen LogP contribution in [0.15, 0.2) is 12.1 Å². The number of ether oxygens (including phenoxy) is 2. The molecule has 0 aromatic heterocycles. The van der Waals surface area contributed by atoms with Crippen LogP contribution in [0, 0.1) is 12.8 Å². The lowest BCUT2D eigenvalue weighted by atomic mass is 9.89. The average Bonchev–Trinajstić information content (AvgIpc) is 3.51. The van der Waals surface area contributed by atoms with Gasteiger partial charge in [0.1, 0.15) is 0 Å². The topological polar surface area (TPSA) is 50.8 Å². The Balaban J connectivity index is 1.68.